The van der Waals surface area contributed by atoms with Gasteiger partial charge in [0.15, 0.2) is 0 Å². The number of benzene rings is 2. The zero-order valence-corrected chi connectivity index (χ0v) is 15.5. The molecule has 28 heavy (non-hydrogen) atoms. The molecule has 0 aliphatic carbocycles. The predicted molar refractivity (Wildman–Crippen MR) is 101 cm³/mol. The first-order chi connectivity index (χ1) is 13.6. The zero-order valence-electron chi connectivity index (χ0n) is 15.5. The van der Waals surface area contributed by atoms with E-state index in [2.05, 4.69) is 22.9 Å². The van der Waals surface area contributed by atoms with E-state index in [-0.39, 0.29) is 12.1 Å². The predicted octanol–water partition coefficient (Wildman–Crippen LogP) is 2.11. The van der Waals surface area contributed by atoms with E-state index in [1.54, 1.807) is 0 Å². The van der Waals surface area contributed by atoms with E-state index in [4.69, 9.17) is 0 Å². The summed E-state index contributed by atoms with van der Waals surface area (Å²) in [6.45, 7) is 3.57. The molecule has 0 radical (unpaired) electrons. The molecule has 0 saturated carbocycles. The van der Waals surface area contributed by atoms with Crippen molar-refractivity contribution in [1.82, 2.24) is 25.2 Å². The molecule has 2 N–H and O–H groups in total. The Balaban J connectivity index is 1.66. The molecule has 146 valence electrons. The van der Waals surface area contributed by atoms with Crippen molar-refractivity contribution in [2.45, 2.75) is 25.8 Å². The zero-order chi connectivity index (χ0) is 19.7. The van der Waals surface area contributed by atoms with Gasteiger partial charge < -0.3 is 0 Å². The maximum Gasteiger partial charge on any atom is 0.350 e. The van der Waals surface area contributed by atoms with E-state index in [9.17, 15) is 13.6 Å². The fourth-order valence-corrected chi connectivity index (χ4v) is 3.58. The van der Waals surface area contributed by atoms with E-state index in [1.807, 2.05) is 18.2 Å². The summed E-state index contributed by atoms with van der Waals surface area (Å²) in [7, 11) is 0. The lowest BCUT2D eigenvalue weighted by atomic mass is 9.93. The third kappa shape index (κ3) is 3.36. The van der Waals surface area contributed by atoms with Crippen LogP contribution in [0.4, 0.5) is 8.78 Å². The number of nitrogens with zero attached hydrogens (tertiary/aromatic N) is 3. The van der Waals surface area contributed by atoms with Crippen molar-refractivity contribution >= 4 is 0 Å². The standard InChI is InChI=1S/C20H21F2N5O/c1-2-13-8-15(6-7-16(13)14-9-23-24-10-14)27-20(28)26(12-25-27)11-17-18(21)4-3-5-19(17)22/h3-8,12,14,23-24H,2,9-11H2,1H3. The van der Waals surface area contributed by atoms with Crippen molar-refractivity contribution in [3.63, 3.8) is 0 Å². The molecular formula is C20H21F2N5O. The summed E-state index contributed by atoms with van der Waals surface area (Å²) in [6, 6.07) is 9.48. The Hall–Kier alpha value is -2.84. The summed E-state index contributed by atoms with van der Waals surface area (Å²) < 4.78 is 30.2. The Morgan fingerprint density at radius 2 is 1.86 bits per heavy atom. The van der Waals surface area contributed by atoms with Gasteiger partial charge in [0.1, 0.15) is 18.0 Å². The van der Waals surface area contributed by atoms with Crippen LogP contribution in [0.5, 0.6) is 0 Å². The highest BCUT2D eigenvalue weighted by Gasteiger charge is 2.20. The SMILES string of the molecule is CCc1cc(-n2ncn(Cc3c(F)cccc3F)c2=O)ccc1C1CNNC1. The number of nitrogens with one attached hydrogen (secondary N) is 2. The van der Waals surface area contributed by atoms with Gasteiger partial charge in [0.25, 0.3) is 0 Å². The quantitative estimate of drug-likeness (QED) is 0.706. The van der Waals surface area contributed by atoms with Crippen LogP contribution < -0.4 is 16.5 Å². The molecule has 8 heteroatoms. The smallest absolute Gasteiger partial charge is 0.276 e. The van der Waals surface area contributed by atoms with Crippen LogP contribution in [-0.4, -0.2) is 27.4 Å². The molecule has 4 rings (SSSR count). The molecule has 6 nitrogen and oxygen atoms in total. The summed E-state index contributed by atoms with van der Waals surface area (Å²) >= 11 is 0. The maximum atomic E-state index is 13.9. The first-order valence-corrected chi connectivity index (χ1v) is 9.24. The van der Waals surface area contributed by atoms with E-state index in [0.29, 0.717) is 11.6 Å². The Morgan fingerprint density at radius 1 is 1.14 bits per heavy atom. The first-order valence-electron chi connectivity index (χ1n) is 9.24. The van der Waals surface area contributed by atoms with E-state index in [0.717, 1.165) is 25.1 Å². The van der Waals surface area contributed by atoms with Gasteiger partial charge in [0.2, 0.25) is 0 Å². The lowest BCUT2D eigenvalue weighted by Gasteiger charge is -2.14. The van der Waals surface area contributed by atoms with Crippen molar-refractivity contribution in [3.8, 4) is 5.69 Å². The highest BCUT2D eigenvalue weighted by Crippen LogP contribution is 2.24. The fourth-order valence-electron chi connectivity index (χ4n) is 3.58. The normalized spacial score (nSPS) is 14.7. The Labute approximate surface area is 160 Å². The lowest BCUT2D eigenvalue weighted by molar-refractivity contribution is 0.541. The molecule has 0 amide bonds. The van der Waals surface area contributed by atoms with Gasteiger partial charge in [0, 0.05) is 24.6 Å². The van der Waals surface area contributed by atoms with Crippen LogP contribution in [0.25, 0.3) is 5.69 Å². The molecule has 0 bridgehead atoms. The summed E-state index contributed by atoms with van der Waals surface area (Å²) in [6.07, 6.45) is 2.13. The largest absolute Gasteiger partial charge is 0.350 e. The van der Waals surface area contributed by atoms with E-state index < -0.39 is 17.3 Å². The molecule has 2 heterocycles. The topological polar surface area (TPSA) is 63.9 Å². The molecule has 1 aliphatic heterocycles. The lowest BCUT2D eigenvalue weighted by Crippen LogP contribution is -2.25. The molecule has 1 fully saturated rings. The van der Waals surface area contributed by atoms with Crippen LogP contribution in [0.15, 0.2) is 47.5 Å². The monoisotopic (exact) mass is 385 g/mol. The summed E-state index contributed by atoms with van der Waals surface area (Å²) in [5.74, 6) is -0.991. The van der Waals surface area contributed by atoms with Crippen molar-refractivity contribution in [2.75, 3.05) is 13.1 Å². The molecule has 1 saturated heterocycles. The second-order valence-electron chi connectivity index (χ2n) is 6.85. The van der Waals surface area contributed by atoms with Crippen molar-refractivity contribution in [2.24, 2.45) is 0 Å². The van der Waals surface area contributed by atoms with Gasteiger partial charge in [-0.2, -0.15) is 9.78 Å². The third-order valence-corrected chi connectivity index (χ3v) is 5.14. The van der Waals surface area contributed by atoms with E-state index >= 15 is 0 Å². The number of rotatable bonds is 5. The van der Waals surface area contributed by atoms with Gasteiger partial charge in [-0.3, -0.25) is 15.4 Å². The van der Waals surface area contributed by atoms with E-state index in [1.165, 1.54) is 39.3 Å². The number of hydrazine groups is 1. The minimum atomic E-state index is -0.684. The molecule has 0 atom stereocenters. The van der Waals surface area contributed by atoms with Gasteiger partial charge >= 0.3 is 5.69 Å². The van der Waals surface area contributed by atoms with Crippen molar-refractivity contribution < 1.29 is 8.78 Å². The summed E-state index contributed by atoms with van der Waals surface area (Å²) in [5.41, 5.74) is 8.69. The summed E-state index contributed by atoms with van der Waals surface area (Å²) in [5, 5.41) is 4.14. The summed E-state index contributed by atoms with van der Waals surface area (Å²) in [4.78, 5) is 12.7. The van der Waals surface area contributed by atoms with Crippen molar-refractivity contribution in [1.29, 1.82) is 0 Å². The van der Waals surface area contributed by atoms with Gasteiger partial charge in [0.05, 0.1) is 12.2 Å². The average Bonchev–Trinajstić information content (AvgIpc) is 3.35. The number of halogens is 2. The van der Waals surface area contributed by atoms with Crippen LogP contribution in [0.2, 0.25) is 0 Å². The Kier molecular flexibility index (Phi) is 5.06. The Bertz CT molecular complexity index is 1030. The second-order valence-corrected chi connectivity index (χ2v) is 6.85. The molecule has 2 aromatic carbocycles. The highest BCUT2D eigenvalue weighted by molar-refractivity contribution is 5.42. The highest BCUT2D eigenvalue weighted by atomic mass is 19.1. The van der Waals surface area contributed by atoms with Crippen LogP contribution >= 0.6 is 0 Å². The average molecular weight is 385 g/mol. The third-order valence-electron chi connectivity index (χ3n) is 5.14. The van der Waals surface area contributed by atoms with Gasteiger partial charge in [-0.25, -0.2) is 13.6 Å². The second kappa shape index (κ2) is 7.65. The fraction of sp³-hybridized carbons (Fsp3) is 0.300. The van der Waals surface area contributed by atoms with Crippen molar-refractivity contribution in [3.05, 3.63) is 81.5 Å². The van der Waals surface area contributed by atoms with Crippen LogP contribution in [0.1, 0.15) is 29.5 Å². The number of hydrogen-bond acceptors (Lipinski definition) is 4. The Morgan fingerprint density at radius 3 is 2.54 bits per heavy atom. The molecular weight excluding hydrogens is 364 g/mol. The molecule has 3 aromatic rings. The molecule has 0 unspecified atom stereocenters. The number of hydrogen-bond donors (Lipinski definition) is 2. The van der Waals surface area contributed by atoms with Gasteiger partial charge in [-0.1, -0.05) is 19.1 Å². The minimum absolute atomic E-state index is 0.157. The molecule has 0 spiro atoms. The van der Waals surface area contributed by atoms with Crippen LogP contribution in [0.3, 0.4) is 0 Å². The molecule has 1 aromatic heterocycles. The van der Waals surface area contributed by atoms with Crippen LogP contribution in [-0.2, 0) is 13.0 Å². The van der Waals surface area contributed by atoms with Gasteiger partial charge in [-0.05, 0) is 41.8 Å². The number of aryl methyl sites for hydroxylation is 1. The minimum Gasteiger partial charge on any atom is -0.276 e. The van der Waals surface area contributed by atoms with Crippen LogP contribution in [0, 0.1) is 11.6 Å². The molecule has 1 aliphatic rings. The first kappa shape index (κ1) is 18.5. The number of aromatic nitrogens is 3. The maximum absolute atomic E-state index is 13.9. The van der Waals surface area contributed by atoms with Gasteiger partial charge in [-0.15, -0.1) is 0 Å².